The number of rotatable bonds is 3. The van der Waals surface area contributed by atoms with E-state index in [0.717, 1.165) is 5.56 Å². The van der Waals surface area contributed by atoms with Crippen LogP contribution in [0.3, 0.4) is 0 Å². The molecule has 0 amide bonds. The van der Waals surface area contributed by atoms with Gasteiger partial charge in [-0.15, -0.1) is 0 Å². The Bertz CT molecular complexity index is 350. The van der Waals surface area contributed by atoms with Crippen molar-refractivity contribution in [3.8, 4) is 0 Å². The van der Waals surface area contributed by atoms with Gasteiger partial charge in [0.25, 0.3) is 0 Å². The lowest BCUT2D eigenvalue weighted by molar-refractivity contribution is 0.00900. The fourth-order valence-corrected chi connectivity index (χ4v) is 1.28. The molecule has 1 atom stereocenters. The molecule has 0 aliphatic carbocycles. The van der Waals surface area contributed by atoms with Crippen LogP contribution in [0.15, 0.2) is 24.3 Å². The summed E-state index contributed by atoms with van der Waals surface area (Å²) in [6.45, 7) is 5.57. The lowest BCUT2D eigenvalue weighted by Gasteiger charge is -2.28. The highest BCUT2D eigenvalue weighted by Gasteiger charge is 2.27. The lowest BCUT2D eigenvalue weighted by Crippen LogP contribution is -2.27. The number of aliphatic hydroxyl groups is 1. The van der Waals surface area contributed by atoms with E-state index in [4.69, 9.17) is 5.11 Å². The van der Waals surface area contributed by atoms with Crippen LogP contribution in [0.4, 0.5) is 0 Å². The molecule has 0 saturated carbocycles. The number of carboxylic acids is 1. The Morgan fingerprint density at radius 1 is 1.27 bits per heavy atom. The van der Waals surface area contributed by atoms with Gasteiger partial charge in [0, 0.05) is 0 Å². The molecule has 82 valence electrons. The minimum absolute atomic E-state index is 0.0770. The van der Waals surface area contributed by atoms with Crippen LogP contribution >= 0.6 is 0 Å². The smallest absolute Gasteiger partial charge is 0.335 e. The van der Waals surface area contributed by atoms with Crippen molar-refractivity contribution in [2.24, 2.45) is 5.92 Å². The third-order valence-electron chi connectivity index (χ3n) is 2.84. The van der Waals surface area contributed by atoms with Gasteiger partial charge in [-0.25, -0.2) is 4.79 Å². The van der Waals surface area contributed by atoms with Crippen molar-refractivity contribution in [2.75, 3.05) is 0 Å². The van der Waals surface area contributed by atoms with Gasteiger partial charge in [0.15, 0.2) is 0 Å². The first-order valence-corrected chi connectivity index (χ1v) is 4.92. The summed E-state index contributed by atoms with van der Waals surface area (Å²) in [7, 11) is 0. The Balaban J connectivity index is 3.04. The molecule has 0 fully saturated rings. The number of benzene rings is 1. The summed E-state index contributed by atoms with van der Waals surface area (Å²) in [5.41, 5.74) is 0.0534. The second-order valence-electron chi connectivity index (χ2n) is 4.18. The Kier molecular flexibility index (Phi) is 3.15. The zero-order chi connectivity index (χ0) is 11.6. The van der Waals surface area contributed by atoms with Gasteiger partial charge >= 0.3 is 5.97 Å². The Morgan fingerprint density at radius 3 is 2.07 bits per heavy atom. The first kappa shape index (κ1) is 11.7. The SMILES string of the molecule is CC(C)C(C)(O)c1ccc(C(=O)O)cc1. The molecule has 3 nitrogen and oxygen atoms in total. The summed E-state index contributed by atoms with van der Waals surface area (Å²) in [4.78, 5) is 10.6. The predicted octanol–water partition coefficient (Wildman–Crippen LogP) is 2.25. The molecule has 0 spiro atoms. The van der Waals surface area contributed by atoms with E-state index in [1.165, 1.54) is 12.1 Å². The van der Waals surface area contributed by atoms with E-state index < -0.39 is 11.6 Å². The Hall–Kier alpha value is -1.35. The summed E-state index contributed by atoms with van der Waals surface area (Å²) in [5, 5.41) is 18.9. The largest absolute Gasteiger partial charge is 0.478 e. The van der Waals surface area contributed by atoms with E-state index >= 15 is 0 Å². The zero-order valence-electron chi connectivity index (χ0n) is 9.19. The maximum atomic E-state index is 10.6. The van der Waals surface area contributed by atoms with Crippen LogP contribution in [-0.4, -0.2) is 16.2 Å². The van der Waals surface area contributed by atoms with Gasteiger partial charge in [0.2, 0.25) is 0 Å². The number of carboxylic acid groups (broad SMARTS) is 1. The van der Waals surface area contributed by atoms with Crippen molar-refractivity contribution >= 4 is 5.97 Å². The molecule has 2 N–H and O–H groups in total. The van der Waals surface area contributed by atoms with Crippen molar-refractivity contribution < 1.29 is 15.0 Å². The Labute approximate surface area is 89.4 Å². The first-order valence-electron chi connectivity index (χ1n) is 4.92. The van der Waals surface area contributed by atoms with Crippen molar-refractivity contribution in [1.29, 1.82) is 0 Å². The van der Waals surface area contributed by atoms with Gasteiger partial charge in [-0.2, -0.15) is 0 Å². The van der Waals surface area contributed by atoms with Crippen molar-refractivity contribution in [1.82, 2.24) is 0 Å². The molecule has 0 aliphatic rings. The normalized spacial score (nSPS) is 15.0. The lowest BCUT2D eigenvalue weighted by atomic mass is 9.85. The third kappa shape index (κ3) is 2.36. The molecule has 0 saturated heterocycles. The van der Waals surface area contributed by atoms with Crippen molar-refractivity contribution in [3.63, 3.8) is 0 Å². The number of carbonyl (C=O) groups is 1. The van der Waals surface area contributed by atoms with Gasteiger partial charge in [-0.3, -0.25) is 0 Å². The van der Waals surface area contributed by atoms with E-state index in [9.17, 15) is 9.90 Å². The molecule has 1 unspecified atom stereocenters. The van der Waals surface area contributed by atoms with Crippen molar-refractivity contribution in [3.05, 3.63) is 35.4 Å². The minimum atomic E-state index is -0.953. The summed E-state index contributed by atoms with van der Waals surface area (Å²) in [6.07, 6.45) is 0. The number of hydrogen-bond donors (Lipinski definition) is 2. The van der Waals surface area contributed by atoms with E-state index in [1.54, 1.807) is 19.1 Å². The average Bonchev–Trinajstić information content (AvgIpc) is 2.17. The summed E-state index contributed by atoms with van der Waals surface area (Å²) >= 11 is 0. The van der Waals surface area contributed by atoms with E-state index in [-0.39, 0.29) is 11.5 Å². The van der Waals surface area contributed by atoms with Crippen LogP contribution in [0.1, 0.15) is 36.7 Å². The first-order chi connectivity index (χ1) is 6.85. The molecule has 0 radical (unpaired) electrons. The predicted molar refractivity (Wildman–Crippen MR) is 57.8 cm³/mol. The highest BCUT2D eigenvalue weighted by molar-refractivity contribution is 5.87. The van der Waals surface area contributed by atoms with Crippen LogP contribution in [0, 0.1) is 5.92 Å². The molecule has 0 bridgehead atoms. The van der Waals surface area contributed by atoms with Crippen LogP contribution in [0.5, 0.6) is 0 Å². The van der Waals surface area contributed by atoms with Crippen LogP contribution < -0.4 is 0 Å². The third-order valence-corrected chi connectivity index (χ3v) is 2.84. The van der Waals surface area contributed by atoms with Gasteiger partial charge in [0.1, 0.15) is 0 Å². The topological polar surface area (TPSA) is 57.5 Å². The average molecular weight is 208 g/mol. The second kappa shape index (κ2) is 4.03. The second-order valence-corrected chi connectivity index (χ2v) is 4.18. The molecule has 15 heavy (non-hydrogen) atoms. The fourth-order valence-electron chi connectivity index (χ4n) is 1.28. The summed E-state index contributed by atoms with van der Waals surface area (Å²) in [6, 6.07) is 6.33. The molecule has 0 aromatic heterocycles. The highest BCUT2D eigenvalue weighted by atomic mass is 16.4. The fraction of sp³-hybridized carbons (Fsp3) is 0.417. The van der Waals surface area contributed by atoms with Crippen LogP contribution in [0.25, 0.3) is 0 Å². The molecular weight excluding hydrogens is 192 g/mol. The maximum absolute atomic E-state index is 10.6. The van der Waals surface area contributed by atoms with Gasteiger partial charge in [0.05, 0.1) is 11.2 Å². The Morgan fingerprint density at radius 2 is 1.73 bits per heavy atom. The molecular formula is C12H16O3. The van der Waals surface area contributed by atoms with E-state index in [1.807, 2.05) is 13.8 Å². The van der Waals surface area contributed by atoms with Gasteiger partial charge in [-0.1, -0.05) is 26.0 Å². The van der Waals surface area contributed by atoms with E-state index in [2.05, 4.69) is 0 Å². The maximum Gasteiger partial charge on any atom is 0.335 e. The molecule has 0 aliphatic heterocycles. The zero-order valence-corrected chi connectivity index (χ0v) is 9.19. The molecule has 0 heterocycles. The molecule has 1 aromatic rings. The molecule has 1 rings (SSSR count). The van der Waals surface area contributed by atoms with Crippen LogP contribution in [-0.2, 0) is 5.60 Å². The van der Waals surface area contributed by atoms with E-state index in [0.29, 0.717) is 0 Å². The van der Waals surface area contributed by atoms with Gasteiger partial charge in [-0.05, 0) is 30.5 Å². The summed E-state index contributed by atoms with van der Waals surface area (Å²) in [5.74, 6) is -0.876. The monoisotopic (exact) mass is 208 g/mol. The number of aromatic carboxylic acids is 1. The highest BCUT2D eigenvalue weighted by Crippen LogP contribution is 2.28. The summed E-state index contributed by atoms with van der Waals surface area (Å²) < 4.78 is 0. The standard InChI is InChI=1S/C12H16O3/c1-8(2)12(3,15)10-6-4-9(5-7-10)11(13)14/h4-8,15H,1-3H3,(H,13,14). The van der Waals surface area contributed by atoms with Crippen LogP contribution in [0.2, 0.25) is 0 Å². The van der Waals surface area contributed by atoms with Crippen molar-refractivity contribution in [2.45, 2.75) is 26.4 Å². The quantitative estimate of drug-likeness (QED) is 0.801. The molecule has 3 heteroatoms. The minimum Gasteiger partial charge on any atom is -0.478 e. The van der Waals surface area contributed by atoms with Gasteiger partial charge < -0.3 is 10.2 Å². The number of hydrogen-bond acceptors (Lipinski definition) is 2. The molecule has 1 aromatic carbocycles.